The minimum atomic E-state index is -1.07. The third-order valence-electron chi connectivity index (χ3n) is 1.69. The summed E-state index contributed by atoms with van der Waals surface area (Å²) in [5.74, 6) is -3.03. The van der Waals surface area contributed by atoms with Gasteiger partial charge < -0.3 is 4.74 Å². The van der Waals surface area contributed by atoms with Gasteiger partial charge in [0.1, 0.15) is 0 Å². The molecule has 5 heteroatoms. The van der Waals surface area contributed by atoms with Crippen LogP contribution in [0, 0.1) is 12.9 Å². The molecule has 0 bridgehead atoms. The van der Waals surface area contributed by atoms with Crippen LogP contribution in [-0.2, 0) is 9.53 Å². The van der Waals surface area contributed by atoms with E-state index in [4.69, 9.17) is 0 Å². The van der Waals surface area contributed by atoms with Gasteiger partial charge in [0, 0.05) is 5.69 Å². The van der Waals surface area contributed by atoms with Gasteiger partial charge in [-0.1, -0.05) is 0 Å². The quantitative estimate of drug-likeness (QED) is 0.327. The fourth-order valence-electron chi connectivity index (χ4n) is 1.00. The van der Waals surface area contributed by atoms with Gasteiger partial charge in [-0.15, -0.1) is 0 Å². The van der Waals surface area contributed by atoms with Crippen molar-refractivity contribution in [3.63, 3.8) is 0 Å². The Morgan fingerprint density at radius 2 is 2.13 bits per heavy atom. The van der Waals surface area contributed by atoms with Crippen molar-refractivity contribution in [2.75, 3.05) is 6.61 Å². The van der Waals surface area contributed by atoms with Gasteiger partial charge in [-0.3, -0.25) is 4.79 Å². The van der Waals surface area contributed by atoms with Crippen LogP contribution in [0.2, 0.25) is 0 Å². The van der Waals surface area contributed by atoms with Crippen molar-refractivity contribution in [3.8, 4) is 0 Å². The zero-order valence-electron chi connectivity index (χ0n) is 8.41. The summed E-state index contributed by atoms with van der Waals surface area (Å²) in [6.45, 7) is 3.22. The number of hydrogen-bond donors (Lipinski definition) is 0. The van der Waals surface area contributed by atoms with E-state index < -0.39 is 17.7 Å². The number of pyridine rings is 1. The first-order valence-corrected chi connectivity index (χ1v) is 4.41. The molecular weight excluding hydrogens is 201 g/mol. The van der Waals surface area contributed by atoms with Crippen molar-refractivity contribution < 1.29 is 18.7 Å². The normalized spacial score (nSPS) is 9.80. The summed E-state index contributed by atoms with van der Waals surface area (Å²) in [5.41, 5.74) is 0.0759. The lowest BCUT2D eigenvalue weighted by Gasteiger charge is -2.02. The number of carbonyl (C=O) groups excluding carboxylic acids is 2. The first kappa shape index (κ1) is 11.3. The summed E-state index contributed by atoms with van der Waals surface area (Å²) in [6.07, 6.45) is 0. The van der Waals surface area contributed by atoms with E-state index in [2.05, 4.69) is 9.72 Å². The molecule has 1 aromatic rings. The number of aromatic nitrogens is 1. The van der Waals surface area contributed by atoms with E-state index in [1.807, 2.05) is 0 Å². The monoisotopic (exact) mass is 211 g/mol. The molecule has 0 saturated carbocycles. The number of carbonyl (C=O) groups is 2. The molecule has 15 heavy (non-hydrogen) atoms. The Labute approximate surface area is 86.1 Å². The van der Waals surface area contributed by atoms with Crippen LogP contribution in [0.3, 0.4) is 0 Å². The van der Waals surface area contributed by atoms with Gasteiger partial charge in [-0.25, -0.2) is 9.78 Å². The molecule has 0 radical (unpaired) electrons. The Morgan fingerprint density at radius 3 is 2.67 bits per heavy atom. The maximum absolute atomic E-state index is 13.2. The fraction of sp³-hybridized carbons (Fsp3) is 0.300. The number of esters is 1. The summed E-state index contributed by atoms with van der Waals surface area (Å²) >= 11 is 0. The van der Waals surface area contributed by atoms with Crippen molar-refractivity contribution in [3.05, 3.63) is 29.3 Å². The summed E-state index contributed by atoms with van der Waals surface area (Å²) in [4.78, 5) is 25.8. The number of Topliss-reactive ketones (excluding diaryl/α,β-unsaturated/α-hetero) is 1. The second-order valence-electron chi connectivity index (χ2n) is 2.84. The van der Waals surface area contributed by atoms with Crippen molar-refractivity contribution in [2.24, 2.45) is 0 Å². The van der Waals surface area contributed by atoms with Crippen LogP contribution in [0.15, 0.2) is 12.1 Å². The lowest BCUT2D eigenvalue weighted by Crippen LogP contribution is -2.19. The molecule has 0 aliphatic heterocycles. The van der Waals surface area contributed by atoms with Gasteiger partial charge in [-0.2, -0.15) is 4.39 Å². The summed E-state index contributed by atoms with van der Waals surface area (Å²) in [6, 6.07) is 2.67. The Balaban J connectivity index is 2.96. The molecule has 0 N–H and O–H groups in total. The maximum Gasteiger partial charge on any atom is 0.379 e. The van der Waals surface area contributed by atoms with Crippen LogP contribution < -0.4 is 0 Å². The Bertz CT molecular complexity index is 404. The number of nitrogens with zero attached hydrogens (tertiary/aromatic N) is 1. The van der Waals surface area contributed by atoms with Crippen LogP contribution in [0.1, 0.15) is 23.0 Å². The molecule has 0 aliphatic rings. The first-order valence-electron chi connectivity index (χ1n) is 4.41. The van der Waals surface area contributed by atoms with Crippen molar-refractivity contribution >= 4 is 11.8 Å². The number of aryl methyl sites for hydroxylation is 1. The minimum Gasteiger partial charge on any atom is -0.460 e. The van der Waals surface area contributed by atoms with Crippen LogP contribution >= 0.6 is 0 Å². The van der Waals surface area contributed by atoms with E-state index >= 15 is 0 Å². The molecule has 1 rings (SSSR count). The van der Waals surface area contributed by atoms with E-state index in [0.29, 0.717) is 5.69 Å². The molecule has 80 valence electrons. The van der Waals surface area contributed by atoms with Crippen LogP contribution in [0.25, 0.3) is 0 Å². The lowest BCUT2D eigenvalue weighted by atomic mass is 10.2. The third-order valence-corrected chi connectivity index (χ3v) is 1.69. The van der Waals surface area contributed by atoms with E-state index in [9.17, 15) is 14.0 Å². The Morgan fingerprint density at radius 1 is 1.47 bits per heavy atom. The second-order valence-corrected chi connectivity index (χ2v) is 2.84. The summed E-state index contributed by atoms with van der Waals surface area (Å²) in [5, 5.41) is 0. The predicted octanol–water partition coefficient (Wildman–Crippen LogP) is 1.27. The van der Waals surface area contributed by atoms with Gasteiger partial charge in [0.25, 0.3) is 5.78 Å². The smallest absolute Gasteiger partial charge is 0.379 e. The molecule has 0 amide bonds. The number of halogens is 1. The summed E-state index contributed by atoms with van der Waals surface area (Å²) in [7, 11) is 0. The molecule has 1 aromatic heterocycles. The van der Waals surface area contributed by atoms with Crippen LogP contribution in [-0.4, -0.2) is 23.3 Å². The van der Waals surface area contributed by atoms with Gasteiger partial charge in [0.05, 0.1) is 12.2 Å². The van der Waals surface area contributed by atoms with Gasteiger partial charge in [-0.05, 0) is 26.0 Å². The molecule has 0 unspecified atom stereocenters. The van der Waals surface area contributed by atoms with E-state index in [1.165, 1.54) is 12.1 Å². The predicted molar refractivity (Wildman–Crippen MR) is 49.9 cm³/mol. The number of hydrogen-bond acceptors (Lipinski definition) is 4. The molecule has 0 fully saturated rings. The molecule has 4 nitrogen and oxygen atoms in total. The fourth-order valence-corrected chi connectivity index (χ4v) is 1.00. The minimum absolute atomic E-state index is 0.0749. The van der Waals surface area contributed by atoms with E-state index in [1.54, 1.807) is 13.8 Å². The second kappa shape index (κ2) is 4.63. The van der Waals surface area contributed by atoms with Crippen molar-refractivity contribution in [2.45, 2.75) is 13.8 Å². The zero-order valence-corrected chi connectivity index (χ0v) is 8.41. The van der Waals surface area contributed by atoms with E-state index in [-0.39, 0.29) is 12.2 Å². The molecule has 0 aromatic carbocycles. The molecule has 0 spiro atoms. The lowest BCUT2D eigenvalue weighted by molar-refractivity contribution is -0.137. The zero-order chi connectivity index (χ0) is 11.4. The van der Waals surface area contributed by atoms with Crippen molar-refractivity contribution in [1.82, 2.24) is 4.98 Å². The van der Waals surface area contributed by atoms with Crippen molar-refractivity contribution in [1.29, 1.82) is 0 Å². The van der Waals surface area contributed by atoms with Gasteiger partial charge >= 0.3 is 5.97 Å². The average molecular weight is 211 g/mol. The first-order chi connectivity index (χ1) is 7.06. The summed E-state index contributed by atoms with van der Waals surface area (Å²) < 4.78 is 17.6. The maximum atomic E-state index is 13.2. The SMILES string of the molecule is CCOC(=O)C(=O)c1ccc(C)nc1F. The highest BCUT2D eigenvalue weighted by molar-refractivity contribution is 6.40. The molecule has 0 aliphatic carbocycles. The molecule has 0 atom stereocenters. The van der Waals surface area contributed by atoms with Crippen LogP contribution in [0.5, 0.6) is 0 Å². The van der Waals surface area contributed by atoms with Gasteiger partial charge in [0.15, 0.2) is 0 Å². The Hall–Kier alpha value is -1.78. The Kier molecular flexibility index (Phi) is 3.49. The van der Waals surface area contributed by atoms with Crippen LogP contribution in [0.4, 0.5) is 4.39 Å². The molecule has 1 heterocycles. The van der Waals surface area contributed by atoms with Gasteiger partial charge in [0.2, 0.25) is 5.95 Å². The highest BCUT2D eigenvalue weighted by Crippen LogP contribution is 2.07. The topological polar surface area (TPSA) is 56.3 Å². The third kappa shape index (κ3) is 2.59. The standard InChI is InChI=1S/C10H10FNO3/c1-3-15-10(14)8(13)7-5-4-6(2)12-9(7)11/h4-5H,3H2,1-2H3. The number of rotatable bonds is 3. The highest BCUT2D eigenvalue weighted by Gasteiger charge is 2.21. The largest absolute Gasteiger partial charge is 0.460 e. The van der Waals surface area contributed by atoms with E-state index in [0.717, 1.165) is 0 Å². The average Bonchev–Trinajstić information content (AvgIpc) is 2.17. The molecular formula is C10H10FNO3. The number of ether oxygens (including phenoxy) is 1. The number of ketones is 1. The highest BCUT2D eigenvalue weighted by atomic mass is 19.1. The molecule has 0 saturated heterocycles.